The minimum Gasteiger partial charge on any atom is -0.476 e. The molecule has 0 unspecified atom stereocenters. The summed E-state index contributed by atoms with van der Waals surface area (Å²) in [4.78, 5) is 15.3. The number of carboxylic acid groups (broad SMARTS) is 1. The number of aromatic nitrogens is 3. The quantitative estimate of drug-likeness (QED) is 0.801. The standard InChI is InChI=1S/C14H10ClN3O2S/c1-18-12(7-11(17-18)14(19)20)9-6-8(2-3-10(9)15)13-16-4-5-21-13/h2-7H,1H3,(H,19,20). The summed E-state index contributed by atoms with van der Waals surface area (Å²) in [7, 11) is 1.69. The first-order valence-corrected chi connectivity index (χ1v) is 7.29. The average Bonchev–Trinajstić information content (AvgIpc) is 3.09. The Bertz CT molecular complexity index is 812. The predicted molar refractivity (Wildman–Crippen MR) is 81.7 cm³/mol. The van der Waals surface area contributed by atoms with Crippen LogP contribution >= 0.6 is 22.9 Å². The van der Waals surface area contributed by atoms with Gasteiger partial charge in [0.05, 0.1) is 5.69 Å². The summed E-state index contributed by atoms with van der Waals surface area (Å²) in [6.07, 6.45) is 1.74. The molecule has 5 nitrogen and oxygen atoms in total. The van der Waals surface area contributed by atoms with Gasteiger partial charge in [0.25, 0.3) is 0 Å². The Kier molecular flexibility index (Phi) is 3.48. The number of halogens is 1. The smallest absolute Gasteiger partial charge is 0.356 e. The molecule has 0 aliphatic rings. The number of carbonyl (C=O) groups is 1. The van der Waals surface area contributed by atoms with Crippen LogP contribution in [0.25, 0.3) is 21.8 Å². The predicted octanol–water partition coefficient (Wildman–Crippen LogP) is 3.56. The molecule has 0 bridgehead atoms. The van der Waals surface area contributed by atoms with Gasteiger partial charge in [0, 0.05) is 34.8 Å². The molecular weight excluding hydrogens is 310 g/mol. The van der Waals surface area contributed by atoms with Crippen molar-refractivity contribution in [2.24, 2.45) is 7.05 Å². The fourth-order valence-electron chi connectivity index (χ4n) is 2.04. The van der Waals surface area contributed by atoms with E-state index in [1.807, 2.05) is 17.5 Å². The first-order valence-electron chi connectivity index (χ1n) is 6.03. The van der Waals surface area contributed by atoms with E-state index in [1.54, 1.807) is 19.3 Å². The van der Waals surface area contributed by atoms with Gasteiger partial charge in [0.1, 0.15) is 5.01 Å². The van der Waals surface area contributed by atoms with Gasteiger partial charge in [-0.05, 0) is 18.2 Å². The Hall–Kier alpha value is -2.18. The van der Waals surface area contributed by atoms with Crippen LogP contribution < -0.4 is 0 Å². The Labute approximate surface area is 129 Å². The fourth-order valence-corrected chi connectivity index (χ4v) is 2.89. The summed E-state index contributed by atoms with van der Waals surface area (Å²) in [5.74, 6) is -1.07. The van der Waals surface area contributed by atoms with Crippen LogP contribution in [-0.2, 0) is 7.05 Å². The van der Waals surface area contributed by atoms with Gasteiger partial charge in [0.15, 0.2) is 5.69 Å². The van der Waals surface area contributed by atoms with Crippen LogP contribution in [0, 0.1) is 0 Å². The highest BCUT2D eigenvalue weighted by molar-refractivity contribution is 7.13. The Balaban J connectivity index is 2.14. The van der Waals surface area contributed by atoms with E-state index in [1.165, 1.54) is 22.1 Å². The molecule has 1 aromatic carbocycles. The van der Waals surface area contributed by atoms with E-state index < -0.39 is 5.97 Å². The van der Waals surface area contributed by atoms with Gasteiger partial charge in [-0.1, -0.05) is 17.7 Å². The SMILES string of the molecule is Cn1nc(C(=O)O)cc1-c1cc(-c2nccs2)ccc1Cl. The Morgan fingerprint density at radius 3 is 2.81 bits per heavy atom. The van der Waals surface area contributed by atoms with Crippen LogP contribution in [0.1, 0.15) is 10.5 Å². The summed E-state index contributed by atoms with van der Waals surface area (Å²) in [5, 5.41) is 16.3. The van der Waals surface area contributed by atoms with Crippen molar-refractivity contribution in [3.8, 4) is 21.8 Å². The molecule has 0 aliphatic carbocycles. The summed E-state index contributed by atoms with van der Waals surface area (Å²) >= 11 is 7.78. The maximum absolute atomic E-state index is 11.0. The van der Waals surface area contributed by atoms with Crippen LogP contribution in [-0.4, -0.2) is 25.8 Å². The second-order valence-corrected chi connectivity index (χ2v) is 5.68. The molecule has 3 rings (SSSR count). The van der Waals surface area contributed by atoms with Crippen molar-refractivity contribution in [2.75, 3.05) is 0 Å². The third-order valence-electron chi connectivity index (χ3n) is 3.02. The van der Waals surface area contributed by atoms with E-state index in [0.29, 0.717) is 10.7 Å². The zero-order chi connectivity index (χ0) is 15.0. The molecule has 0 saturated carbocycles. The lowest BCUT2D eigenvalue weighted by Crippen LogP contribution is -1.99. The average molecular weight is 320 g/mol. The highest BCUT2D eigenvalue weighted by Crippen LogP contribution is 2.33. The van der Waals surface area contributed by atoms with Crippen molar-refractivity contribution >= 4 is 28.9 Å². The monoisotopic (exact) mass is 319 g/mol. The van der Waals surface area contributed by atoms with Crippen LogP contribution in [0.3, 0.4) is 0 Å². The second-order valence-electron chi connectivity index (χ2n) is 4.38. The number of carboxylic acids is 1. The number of hydrogen-bond donors (Lipinski definition) is 1. The third-order valence-corrected chi connectivity index (χ3v) is 4.17. The molecule has 3 aromatic rings. The van der Waals surface area contributed by atoms with Gasteiger partial charge < -0.3 is 5.11 Å². The van der Waals surface area contributed by atoms with Crippen LogP contribution in [0.5, 0.6) is 0 Å². The Morgan fingerprint density at radius 1 is 1.38 bits per heavy atom. The number of nitrogens with zero attached hydrogens (tertiary/aromatic N) is 3. The molecule has 106 valence electrons. The number of aryl methyl sites for hydroxylation is 1. The summed E-state index contributed by atoms with van der Waals surface area (Å²) in [6, 6.07) is 7.07. The number of benzene rings is 1. The van der Waals surface area contributed by atoms with E-state index in [2.05, 4.69) is 10.1 Å². The maximum Gasteiger partial charge on any atom is 0.356 e. The van der Waals surface area contributed by atoms with Crippen molar-refractivity contribution in [3.63, 3.8) is 0 Å². The van der Waals surface area contributed by atoms with Gasteiger partial charge in [-0.25, -0.2) is 9.78 Å². The lowest BCUT2D eigenvalue weighted by molar-refractivity contribution is 0.0689. The zero-order valence-electron chi connectivity index (χ0n) is 10.9. The number of hydrogen-bond acceptors (Lipinski definition) is 4. The van der Waals surface area contributed by atoms with Gasteiger partial charge in [-0.3, -0.25) is 4.68 Å². The van der Waals surface area contributed by atoms with Crippen molar-refractivity contribution < 1.29 is 9.90 Å². The highest BCUT2D eigenvalue weighted by Gasteiger charge is 2.15. The maximum atomic E-state index is 11.0. The molecule has 0 spiro atoms. The first-order chi connectivity index (χ1) is 10.1. The van der Waals surface area contributed by atoms with E-state index >= 15 is 0 Å². The first kappa shape index (κ1) is 13.8. The van der Waals surface area contributed by atoms with Crippen molar-refractivity contribution in [1.82, 2.24) is 14.8 Å². The van der Waals surface area contributed by atoms with Crippen LogP contribution in [0.15, 0.2) is 35.8 Å². The van der Waals surface area contributed by atoms with Gasteiger partial charge >= 0.3 is 5.97 Å². The third kappa shape index (κ3) is 2.55. The van der Waals surface area contributed by atoms with Gasteiger partial charge in [-0.2, -0.15) is 5.10 Å². The summed E-state index contributed by atoms with van der Waals surface area (Å²) < 4.78 is 1.51. The van der Waals surface area contributed by atoms with E-state index in [0.717, 1.165) is 16.1 Å². The van der Waals surface area contributed by atoms with Crippen LogP contribution in [0.4, 0.5) is 0 Å². The molecule has 7 heteroatoms. The highest BCUT2D eigenvalue weighted by atomic mass is 35.5. The van der Waals surface area contributed by atoms with Crippen molar-refractivity contribution in [3.05, 3.63) is 46.6 Å². The van der Waals surface area contributed by atoms with E-state index in [9.17, 15) is 4.79 Å². The molecule has 21 heavy (non-hydrogen) atoms. The lowest BCUT2D eigenvalue weighted by Gasteiger charge is -2.06. The number of thiazole rings is 1. The normalized spacial score (nSPS) is 10.8. The minimum absolute atomic E-state index is 0.0109. The molecule has 0 amide bonds. The summed E-state index contributed by atoms with van der Waals surface area (Å²) in [6.45, 7) is 0. The molecule has 2 heterocycles. The molecule has 1 N–H and O–H groups in total. The second kappa shape index (κ2) is 5.31. The van der Waals surface area contributed by atoms with Crippen LogP contribution in [0.2, 0.25) is 5.02 Å². The number of rotatable bonds is 3. The van der Waals surface area contributed by atoms with Crippen molar-refractivity contribution in [1.29, 1.82) is 0 Å². The topological polar surface area (TPSA) is 68.0 Å². The van der Waals surface area contributed by atoms with E-state index in [4.69, 9.17) is 16.7 Å². The van der Waals surface area contributed by atoms with Gasteiger partial charge in [0.2, 0.25) is 0 Å². The van der Waals surface area contributed by atoms with Crippen molar-refractivity contribution in [2.45, 2.75) is 0 Å². The fraction of sp³-hybridized carbons (Fsp3) is 0.0714. The van der Waals surface area contributed by atoms with E-state index in [-0.39, 0.29) is 5.69 Å². The number of aromatic carboxylic acids is 1. The lowest BCUT2D eigenvalue weighted by atomic mass is 10.1. The Morgan fingerprint density at radius 2 is 2.19 bits per heavy atom. The molecule has 0 aliphatic heterocycles. The molecule has 2 aromatic heterocycles. The zero-order valence-corrected chi connectivity index (χ0v) is 12.5. The minimum atomic E-state index is -1.07. The molecule has 0 fully saturated rings. The summed E-state index contributed by atoms with van der Waals surface area (Å²) in [5.41, 5.74) is 2.30. The van der Waals surface area contributed by atoms with Gasteiger partial charge in [-0.15, -0.1) is 11.3 Å². The molecule has 0 radical (unpaired) electrons. The largest absolute Gasteiger partial charge is 0.476 e. The molecular formula is C14H10ClN3O2S. The molecule has 0 saturated heterocycles. The molecule has 0 atom stereocenters.